The number of aromatic nitrogens is 1. The van der Waals surface area contributed by atoms with Gasteiger partial charge in [0.05, 0.1) is 32.0 Å². The number of nitrogens with zero attached hydrogens (tertiary/aromatic N) is 2. The van der Waals surface area contributed by atoms with Gasteiger partial charge in [-0.2, -0.15) is 0 Å². The van der Waals surface area contributed by atoms with Gasteiger partial charge in [-0.15, -0.1) is 0 Å². The highest BCUT2D eigenvalue weighted by molar-refractivity contribution is 5.78. The van der Waals surface area contributed by atoms with Gasteiger partial charge < -0.3 is 14.1 Å². The van der Waals surface area contributed by atoms with Gasteiger partial charge >= 0.3 is 0 Å². The van der Waals surface area contributed by atoms with Gasteiger partial charge in [0, 0.05) is 12.2 Å². The van der Waals surface area contributed by atoms with Crippen molar-refractivity contribution >= 4 is 5.91 Å². The molecule has 1 amide bonds. The molecule has 3 rings (SSSR count). The van der Waals surface area contributed by atoms with Gasteiger partial charge in [-0.1, -0.05) is 0 Å². The van der Waals surface area contributed by atoms with Crippen LogP contribution < -0.4 is 0 Å². The van der Waals surface area contributed by atoms with Crippen molar-refractivity contribution in [3.63, 3.8) is 0 Å². The molecule has 6 heteroatoms. The molecule has 1 aliphatic heterocycles. The summed E-state index contributed by atoms with van der Waals surface area (Å²) in [7, 11) is 0. The van der Waals surface area contributed by atoms with Crippen LogP contribution in [0.25, 0.3) is 0 Å². The predicted molar refractivity (Wildman–Crippen MR) is 71.9 cm³/mol. The molecule has 3 heterocycles. The first kappa shape index (κ1) is 13.8. The van der Waals surface area contributed by atoms with Crippen LogP contribution >= 0.6 is 0 Å². The first-order valence-electron chi connectivity index (χ1n) is 6.75. The first-order valence-corrected chi connectivity index (χ1v) is 6.75. The van der Waals surface area contributed by atoms with E-state index in [9.17, 15) is 9.18 Å². The van der Waals surface area contributed by atoms with Crippen LogP contribution in [0.3, 0.4) is 0 Å². The number of amides is 1. The lowest BCUT2D eigenvalue weighted by Gasteiger charge is -2.32. The molecule has 0 bridgehead atoms. The summed E-state index contributed by atoms with van der Waals surface area (Å²) in [5.74, 6) is 0.261. The van der Waals surface area contributed by atoms with Gasteiger partial charge in [0.1, 0.15) is 17.7 Å². The van der Waals surface area contributed by atoms with E-state index in [1.807, 2.05) is 6.07 Å². The highest BCUT2D eigenvalue weighted by Crippen LogP contribution is 2.22. The van der Waals surface area contributed by atoms with Crippen molar-refractivity contribution in [3.8, 4) is 0 Å². The lowest BCUT2D eigenvalue weighted by Crippen LogP contribution is -2.43. The molecular weight excluding hydrogens is 275 g/mol. The second-order valence-electron chi connectivity index (χ2n) is 4.86. The zero-order valence-electron chi connectivity index (χ0n) is 11.4. The second-order valence-corrected chi connectivity index (χ2v) is 4.86. The molecule has 1 aliphatic rings. The Morgan fingerprint density at radius 2 is 2.33 bits per heavy atom. The SMILES string of the molecule is O=C(Cc1ccc(F)cn1)N1CCO[C@@H](c2ccco2)C1. The van der Waals surface area contributed by atoms with Gasteiger partial charge in [-0.05, 0) is 24.3 Å². The Bertz CT molecular complexity index is 598. The van der Waals surface area contributed by atoms with E-state index in [-0.39, 0.29) is 18.4 Å². The number of hydrogen-bond acceptors (Lipinski definition) is 4. The number of hydrogen-bond donors (Lipinski definition) is 0. The normalized spacial score (nSPS) is 18.7. The maximum atomic E-state index is 12.8. The Labute approximate surface area is 121 Å². The number of carbonyl (C=O) groups excluding carboxylic acids is 1. The van der Waals surface area contributed by atoms with Crippen LogP contribution in [0, 0.1) is 5.82 Å². The second kappa shape index (κ2) is 6.05. The molecule has 0 N–H and O–H groups in total. The van der Waals surface area contributed by atoms with Crippen LogP contribution in [-0.4, -0.2) is 35.5 Å². The first-order chi connectivity index (χ1) is 10.2. The molecule has 110 valence electrons. The van der Waals surface area contributed by atoms with Crippen molar-refractivity contribution in [2.45, 2.75) is 12.5 Å². The summed E-state index contributed by atoms with van der Waals surface area (Å²) in [5, 5.41) is 0. The molecule has 21 heavy (non-hydrogen) atoms. The van der Waals surface area contributed by atoms with Crippen LogP contribution in [0.1, 0.15) is 17.6 Å². The number of halogens is 1. The molecule has 0 radical (unpaired) electrons. The van der Waals surface area contributed by atoms with Crippen LogP contribution in [0.5, 0.6) is 0 Å². The minimum absolute atomic E-state index is 0.0473. The van der Waals surface area contributed by atoms with Crippen molar-refractivity contribution in [2.75, 3.05) is 19.7 Å². The molecule has 1 fully saturated rings. The van der Waals surface area contributed by atoms with E-state index < -0.39 is 5.82 Å². The fourth-order valence-corrected chi connectivity index (χ4v) is 2.30. The minimum Gasteiger partial charge on any atom is -0.467 e. The van der Waals surface area contributed by atoms with Gasteiger partial charge in [-0.3, -0.25) is 9.78 Å². The number of rotatable bonds is 3. The standard InChI is InChI=1S/C15H15FN2O3/c16-11-3-4-12(17-9-11)8-15(19)18-5-7-21-14(10-18)13-2-1-6-20-13/h1-4,6,9,14H,5,7-8,10H2/t14-/m1/s1. The van der Waals surface area contributed by atoms with E-state index in [1.165, 1.54) is 12.1 Å². The largest absolute Gasteiger partial charge is 0.467 e. The highest BCUT2D eigenvalue weighted by atomic mass is 19.1. The molecule has 0 saturated carbocycles. The van der Waals surface area contributed by atoms with Crippen LogP contribution in [0.15, 0.2) is 41.1 Å². The fraction of sp³-hybridized carbons (Fsp3) is 0.333. The third-order valence-corrected chi connectivity index (χ3v) is 3.40. The summed E-state index contributed by atoms with van der Waals surface area (Å²) in [5.41, 5.74) is 0.558. The summed E-state index contributed by atoms with van der Waals surface area (Å²) < 4.78 is 23.7. The smallest absolute Gasteiger partial charge is 0.228 e. The highest BCUT2D eigenvalue weighted by Gasteiger charge is 2.27. The van der Waals surface area contributed by atoms with Gasteiger partial charge in [0.15, 0.2) is 0 Å². The third-order valence-electron chi connectivity index (χ3n) is 3.40. The van der Waals surface area contributed by atoms with Crippen molar-refractivity contribution in [2.24, 2.45) is 0 Å². The number of pyridine rings is 1. The molecule has 1 atom stereocenters. The summed E-state index contributed by atoms with van der Waals surface area (Å²) in [6.07, 6.45) is 2.62. The summed E-state index contributed by atoms with van der Waals surface area (Å²) in [6, 6.07) is 6.46. The quantitative estimate of drug-likeness (QED) is 0.867. The van der Waals surface area contributed by atoms with E-state index in [2.05, 4.69) is 4.98 Å². The monoisotopic (exact) mass is 290 g/mol. The average molecular weight is 290 g/mol. The van der Waals surface area contributed by atoms with E-state index in [0.29, 0.717) is 31.2 Å². The van der Waals surface area contributed by atoms with Gasteiger partial charge in [0.2, 0.25) is 5.91 Å². The van der Waals surface area contributed by atoms with Crippen LogP contribution in [0.4, 0.5) is 4.39 Å². The predicted octanol–water partition coefficient (Wildman–Crippen LogP) is 1.96. The summed E-state index contributed by atoms with van der Waals surface area (Å²) in [6.45, 7) is 1.46. The third kappa shape index (κ3) is 3.28. The van der Waals surface area contributed by atoms with Crippen molar-refractivity contribution in [1.29, 1.82) is 0 Å². The minimum atomic E-state index is -0.407. The maximum absolute atomic E-state index is 12.8. The van der Waals surface area contributed by atoms with Gasteiger partial charge in [0.25, 0.3) is 0 Å². The molecule has 2 aromatic heterocycles. The molecule has 0 aliphatic carbocycles. The molecule has 0 spiro atoms. The van der Waals surface area contributed by atoms with Crippen LogP contribution in [0.2, 0.25) is 0 Å². The van der Waals surface area contributed by atoms with E-state index >= 15 is 0 Å². The molecular formula is C15H15FN2O3. The summed E-state index contributed by atoms with van der Waals surface area (Å²) in [4.78, 5) is 17.9. The van der Waals surface area contributed by atoms with Crippen molar-refractivity contribution < 1.29 is 18.3 Å². The average Bonchev–Trinajstić information content (AvgIpc) is 3.04. The summed E-state index contributed by atoms with van der Waals surface area (Å²) >= 11 is 0. The molecule has 1 saturated heterocycles. The Morgan fingerprint density at radius 3 is 3.05 bits per heavy atom. The number of carbonyl (C=O) groups is 1. The molecule has 0 aromatic carbocycles. The molecule has 0 unspecified atom stereocenters. The number of furan rings is 1. The molecule has 2 aromatic rings. The Kier molecular flexibility index (Phi) is 3.96. The van der Waals surface area contributed by atoms with Gasteiger partial charge in [-0.25, -0.2) is 4.39 Å². The number of ether oxygens (including phenoxy) is 1. The van der Waals surface area contributed by atoms with E-state index in [0.717, 1.165) is 6.20 Å². The number of morpholine rings is 1. The Morgan fingerprint density at radius 1 is 1.43 bits per heavy atom. The lowest BCUT2D eigenvalue weighted by atomic mass is 10.2. The zero-order valence-corrected chi connectivity index (χ0v) is 11.4. The van der Waals surface area contributed by atoms with Crippen molar-refractivity contribution in [3.05, 3.63) is 54.0 Å². The van der Waals surface area contributed by atoms with Crippen LogP contribution in [-0.2, 0) is 16.0 Å². The molecule has 5 nitrogen and oxygen atoms in total. The lowest BCUT2D eigenvalue weighted by molar-refractivity contribution is -0.139. The van der Waals surface area contributed by atoms with E-state index in [1.54, 1.807) is 17.2 Å². The van der Waals surface area contributed by atoms with E-state index in [4.69, 9.17) is 9.15 Å². The topological polar surface area (TPSA) is 55.6 Å². The zero-order chi connectivity index (χ0) is 14.7. The Hall–Kier alpha value is -2.21. The van der Waals surface area contributed by atoms with Crippen molar-refractivity contribution in [1.82, 2.24) is 9.88 Å². The Balaban J connectivity index is 1.63. The fourth-order valence-electron chi connectivity index (χ4n) is 2.30. The maximum Gasteiger partial charge on any atom is 0.228 e.